The van der Waals surface area contributed by atoms with E-state index in [4.69, 9.17) is 9.47 Å². The van der Waals surface area contributed by atoms with Gasteiger partial charge in [0, 0.05) is 0 Å². The molecule has 1 saturated heterocycles. The first kappa shape index (κ1) is 19.3. The van der Waals surface area contributed by atoms with Crippen molar-refractivity contribution in [3.63, 3.8) is 0 Å². The summed E-state index contributed by atoms with van der Waals surface area (Å²) in [6.07, 6.45) is 11.1. The first-order valence-electron chi connectivity index (χ1n) is 9.05. The maximum atomic E-state index is 11.4. The fourth-order valence-electron chi connectivity index (χ4n) is 3.09. The van der Waals surface area contributed by atoms with Gasteiger partial charge in [-0.1, -0.05) is 58.8 Å². The monoisotopic (exact) mass is 313 g/mol. The van der Waals surface area contributed by atoms with E-state index in [1.807, 2.05) is 0 Å². The molecule has 1 rings (SSSR count). The van der Waals surface area contributed by atoms with Crippen molar-refractivity contribution in [1.29, 1.82) is 0 Å². The van der Waals surface area contributed by atoms with Crippen LogP contribution in [0.4, 0.5) is 4.79 Å². The van der Waals surface area contributed by atoms with Crippen LogP contribution in [0.5, 0.6) is 0 Å². The number of carbonyl (C=O) groups excluding carboxylic acids is 1. The summed E-state index contributed by atoms with van der Waals surface area (Å²) in [7, 11) is 1.43. The largest absolute Gasteiger partial charge is 0.453 e. The van der Waals surface area contributed by atoms with Crippen molar-refractivity contribution in [2.75, 3.05) is 20.2 Å². The van der Waals surface area contributed by atoms with Crippen molar-refractivity contribution >= 4 is 6.09 Å². The number of rotatable bonds is 11. The topological polar surface area (TPSA) is 38.8 Å². The molecule has 1 aliphatic rings. The average molecular weight is 313 g/mol. The summed E-state index contributed by atoms with van der Waals surface area (Å²) >= 11 is 0. The quantitative estimate of drug-likeness (QED) is 0.516. The van der Waals surface area contributed by atoms with E-state index >= 15 is 0 Å². The molecule has 1 atom stereocenters. The third kappa shape index (κ3) is 6.55. The number of unbranched alkanes of at least 4 members (excludes halogenated alkanes) is 5. The minimum atomic E-state index is -0.241. The standard InChI is InChI=1S/C18H35NO3/c1-5-7-9-10-11-13-18(3,12-8-6-2)22-16-14-19(15-16)17(20)21-4/h16H,5-15H2,1-4H3. The Balaban J connectivity index is 2.34. The van der Waals surface area contributed by atoms with Gasteiger partial charge in [0.2, 0.25) is 0 Å². The van der Waals surface area contributed by atoms with Crippen LogP contribution in [0, 0.1) is 0 Å². The van der Waals surface area contributed by atoms with Gasteiger partial charge in [-0.3, -0.25) is 0 Å². The summed E-state index contributed by atoms with van der Waals surface area (Å²) in [5.74, 6) is 0. The number of amides is 1. The van der Waals surface area contributed by atoms with Crippen LogP contribution in [0.1, 0.15) is 78.6 Å². The van der Waals surface area contributed by atoms with Gasteiger partial charge in [0.15, 0.2) is 0 Å². The Kier molecular flexibility index (Phi) is 8.84. The van der Waals surface area contributed by atoms with Gasteiger partial charge in [-0.2, -0.15) is 0 Å². The molecular weight excluding hydrogens is 278 g/mol. The lowest BCUT2D eigenvalue weighted by Gasteiger charge is -2.43. The smallest absolute Gasteiger partial charge is 0.409 e. The van der Waals surface area contributed by atoms with Crippen LogP contribution in [-0.4, -0.2) is 42.9 Å². The number of hydrogen-bond acceptors (Lipinski definition) is 3. The van der Waals surface area contributed by atoms with Crippen molar-refractivity contribution in [3.05, 3.63) is 0 Å². The van der Waals surface area contributed by atoms with Crippen LogP contribution < -0.4 is 0 Å². The predicted octanol–water partition coefficient (Wildman–Crippen LogP) is 4.76. The Labute approximate surface area is 136 Å². The third-order valence-electron chi connectivity index (χ3n) is 4.60. The molecule has 1 unspecified atom stereocenters. The highest BCUT2D eigenvalue weighted by molar-refractivity contribution is 5.68. The maximum absolute atomic E-state index is 11.4. The van der Waals surface area contributed by atoms with Gasteiger partial charge in [-0.15, -0.1) is 0 Å². The minimum Gasteiger partial charge on any atom is -0.453 e. The molecule has 4 heteroatoms. The molecule has 1 amide bonds. The maximum Gasteiger partial charge on any atom is 0.409 e. The Bertz CT molecular complexity index is 315. The van der Waals surface area contributed by atoms with E-state index in [1.54, 1.807) is 4.90 Å². The van der Waals surface area contributed by atoms with Crippen molar-refractivity contribution in [2.24, 2.45) is 0 Å². The number of likely N-dealkylation sites (tertiary alicyclic amines) is 1. The zero-order valence-electron chi connectivity index (χ0n) is 15.0. The van der Waals surface area contributed by atoms with Crippen LogP contribution >= 0.6 is 0 Å². The Hall–Kier alpha value is -0.770. The lowest BCUT2D eigenvalue weighted by molar-refractivity contribution is -0.140. The lowest BCUT2D eigenvalue weighted by Crippen LogP contribution is -2.57. The van der Waals surface area contributed by atoms with E-state index in [9.17, 15) is 4.79 Å². The summed E-state index contributed by atoms with van der Waals surface area (Å²) in [5, 5.41) is 0. The first-order chi connectivity index (χ1) is 10.5. The van der Waals surface area contributed by atoms with Gasteiger partial charge in [0.05, 0.1) is 31.9 Å². The van der Waals surface area contributed by atoms with Crippen LogP contribution in [0.15, 0.2) is 0 Å². The SMILES string of the molecule is CCCCCCCC(C)(CCCC)OC1CN(C(=O)OC)C1. The molecule has 0 spiro atoms. The summed E-state index contributed by atoms with van der Waals surface area (Å²) in [6.45, 7) is 8.07. The molecule has 0 bridgehead atoms. The Morgan fingerprint density at radius 1 is 1.05 bits per heavy atom. The van der Waals surface area contributed by atoms with Crippen LogP contribution in [0.2, 0.25) is 0 Å². The fraction of sp³-hybridized carbons (Fsp3) is 0.944. The highest BCUT2D eigenvalue weighted by atomic mass is 16.6. The molecule has 0 aromatic carbocycles. The molecular formula is C18H35NO3. The molecule has 1 aliphatic heterocycles. The zero-order valence-corrected chi connectivity index (χ0v) is 15.0. The van der Waals surface area contributed by atoms with Crippen molar-refractivity contribution < 1.29 is 14.3 Å². The van der Waals surface area contributed by atoms with Gasteiger partial charge in [0.25, 0.3) is 0 Å². The van der Waals surface area contributed by atoms with Crippen LogP contribution in [0.25, 0.3) is 0 Å². The fourth-order valence-corrected chi connectivity index (χ4v) is 3.09. The Morgan fingerprint density at radius 3 is 2.23 bits per heavy atom. The zero-order chi connectivity index (χ0) is 16.4. The molecule has 1 fully saturated rings. The number of ether oxygens (including phenoxy) is 2. The van der Waals surface area contributed by atoms with E-state index in [1.165, 1.54) is 52.1 Å². The molecule has 0 aliphatic carbocycles. The summed E-state index contributed by atoms with van der Waals surface area (Å²) in [4.78, 5) is 13.1. The highest BCUT2D eigenvalue weighted by Gasteiger charge is 2.37. The van der Waals surface area contributed by atoms with Gasteiger partial charge in [-0.05, 0) is 19.8 Å². The average Bonchev–Trinajstić information content (AvgIpc) is 2.48. The molecule has 0 saturated carbocycles. The van der Waals surface area contributed by atoms with Gasteiger partial charge in [0.1, 0.15) is 0 Å². The molecule has 0 aromatic heterocycles. The number of hydrogen-bond donors (Lipinski definition) is 0. The molecule has 1 heterocycles. The van der Waals surface area contributed by atoms with Crippen LogP contribution in [-0.2, 0) is 9.47 Å². The number of methoxy groups -OCH3 is 1. The van der Waals surface area contributed by atoms with Crippen molar-refractivity contribution in [3.8, 4) is 0 Å². The van der Waals surface area contributed by atoms with Gasteiger partial charge < -0.3 is 14.4 Å². The van der Waals surface area contributed by atoms with Crippen molar-refractivity contribution in [1.82, 2.24) is 4.90 Å². The second kappa shape index (κ2) is 10.1. The second-order valence-corrected chi connectivity index (χ2v) is 6.83. The first-order valence-corrected chi connectivity index (χ1v) is 9.05. The highest BCUT2D eigenvalue weighted by Crippen LogP contribution is 2.30. The summed E-state index contributed by atoms with van der Waals surface area (Å²) in [6, 6.07) is 0. The molecule has 22 heavy (non-hydrogen) atoms. The molecule has 4 nitrogen and oxygen atoms in total. The predicted molar refractivity (Wildman–Crippen MR) is 90.2 cm³/mol. The number of carbonyl (C=O) groups is 1. The minimum absolute atomic E-state index is 0.0326. The van der Waals surface area contributed by atoms with E-state index in [-0.39, 0.29) is 17.8 Å². The third-order valence-corrected chi connectivity index (χ3v) is 4.60. The normalized spacial score (nSPS) is 17.9. The summed E-state index contributed by atoms with van der Waals surface area (Å²) in [5.41, 5.74) is -0.0326. The van der Waals surface area contributed by atoms with Gasteiger partial charge in [-0.25, -0.2) is 4.79 Å². The van der Waals surface area contributed by atoms with E-state index < -0.39 is 0 Å². The second-order valence-electron chi connectivity index (χ2n) is 6.83. The van der Waals surface area contributed by atoms with E-state index in [2.05, 4.69) is 20.8 Å². The van der Waals surface area contributed by atoms with Crippen molar-refractivity contribution in [2.45, 2.75) is 90.3 Å². The van der Waals surface area contributed by atoms with Gasteiger partial charge >= 0.3 is 6.09 Å². The Morgan fingerprint density at radius 2 is 1.64 bits per heavy atom. The lowest BCUT2D eigenvalue weighted by atomic mass is 9.91. The molecule has 0 N–H and O–H groups in total. The van der Waals surface area contributed by atoms with E-state index in [0.717, 1.165) is 12.8 Å². The molecule has 130 valence electrons. The molecule has 0 aromatic rings. The summed E-state index contributed by atoms with van der Waals surface area (Å²) < 4.78 is 11.1. The number of nitrogens with zero attached hydrogens (tertiary/aromatic N) is 1. The van der Waals surface area contributed by atoms with Crippen LogP contribution in [0.3, 0.4) is 0 Å². The van der Waals surface area contributed by atoms with E-state index in [0.29, 0.717) is 13.1 Å². The molecule has 0 radical (unpaired) electrons.